The minimum Gasteiger partial charge on any atom is -0.457 e. The number of rotatable bonds is 2. The molecule has 0 radical (unpaired) electrons. The summed E-state index contributed by atoms with van der Waals surface area (Å²) in [6.07, 6.45) is 1.57. The molecule has 0 aliphatic carbocycles. The van der Waals surface area contributed by atoms with Gasteiger partial charge in [-0.25, -0.2) is 0 Å². The van der Waals surface area contributed by atoms with Crippen LogP contribution in [0, 0.1) is 0 Å². The van der Waals surface area contributed by atoms with Gasteiger partial charge in [-0.15, -0.1) is 0 Å². The second kappa shape index (κ2) is 3.87. The minimum absolute atomic E-state index is 0.447. The molecule has 3 N–H and O–H groups in total. The molecule has 0 amide bonds. The number of nitrogens with one attached hydrogen (secondary N) is 1. The lowest BCUT2D eigenvalue weighted by Crippen LogP contribution is -2.11. The Labute approximate surface area is 102 Å². The van der Waals surface area contributed by atoms with E-state index in [9.17, 15) is 0 Å². The fourth-order valence-electron chi connectivity index (χ4n) is 1.71. The fraction of sp³-hybridized carbons (Fsp3) is 0.0909. The highest BCUT2D eigenvalue weighted by atomic mass is 35.5. The number of H-pyrrole nitrogens is 1. The molecule has 0 saturated heterocycles. The van der Waals surface area contributed by atoms with E-state index in [1.807, 2.05) is 18.2 Å². The Hall–Kier alpha value is -1.85. The summed E-state index contributed by atoms with van der Waals surface area (Å²) in [5.74, 6) is 0.613. The topological polar surface area (TPSA) is 80.7 Å². The molecule has 1 aromatic carbocycles. The van der Waals surface area contributed by atoms with E-state index in [0.717, 1.165) is 5.39 Å². The van der Waals surface area contributed by atoms with Gasteiger partial charge in [-0.3, -0.25) is 0 Å². The van der Waals surface area contributed by atoms with E-state index >= 15 is 0 Å². The summed E-state index contributed by atoms with van der Waals surface area (Å²) < 4.78 is 5.65. The Bertz CT molecular complexity index is 647. The molecule has 17 heavy (non-hydrogen) atoms. The molecule has 0 spiro atoms. The van der Waals surface area contributed by atoms with E-state index in [-0.39, 0.29) is 0 Å². The number of nitrogens with zero attached hydrogens (tertiary/aromatic N) is 2. The van der Waals surface area contributed by atoms with Gasteiger partial charge < -0.3 is 10.2 Å². The monoisotopic (exact) mass is 248 g/mol. The van der Waals surface area contributed by atoms with E-state index < -0.39 is 6.04 Å². The van der Waals surface area contributed by atoms with E-state index in [4.69, 9.17) is 21.8 Å². The zero-order valence-electron chi connectivity index (χ0n) is 8.72. The van der Waals surface area contributed by atoms with Crippen LogP contribution in [0.25, 0.3) is 11.0 Å². The summed E-state index contributed by atoms with van der Waals surface area (Å²) in [7, 11) is 0. The highest BCUT2D eigenvalue weighted by Gasteiger charge is 2.17. The van der Waals surface area contributed by atoms with Gasteiger partial charge >= 0.3 is 0 Å². The van der Waals surface area contributed by atoms with Crippen LogP contribution in [0.15, 0.2) is 34.9 Å². The van der Waals surface area contributed by atoms with Crippen molar-refractivity contribution >= 4 is 22.6 Å². The zero-order valence-corrected chi connectivity index (χ0v) is 9.48. The van der Waals surface area contributed by atoms with E-state index in [1.165, 1.54) is 0 Å². The molecule has 2 aromatic heterocycles. The first-order valence-electron chi connectivity index (χ1n) is 5.05. The largest absolute Gasteiger partial charge is 0.457 e. The smallest absolute Gasteiger partial charge is 0.152 e. The number of furan rings is 1. The Morgan fingerprint density at radius 1 is 1.41 bits per heavy atom. The normalized spacial score (nSPS) is 13.1. The molecule has 0 bridgehead atoms. The number of halogens is 1. The second-order valence-electron chi connectivity index (χ2n) is 3.68. The van der Waals surface area contributed by atoms with Gasteiger partial charge in [0.25, 0.3) is 0 Å². The molecular weight excluding hydrogens is 240 g/mol. The van der Waals surface area contributed by atoms with Gasteiger partial charge in [-0.2, -0.15) is 15.4 Å². The number of benzene rings is 1. The van der Waals surface area contributed by atoms with Gasteiger partial charge in [0, 0.05) is 5.39 Å². The van der Waals surface area contributed by atoms with E-state index in [0.29, 0.717) is 22.1 Å². The van der Waals surface area contributed by atoms with Crippen LogP contribution in [0.3, 0.4) is 0 Å². The average Bonchev–Trinajstić information content (AvgIpc) is 2.98. The number of aromatic amines is 1. The van der Waals surface area contributed by atoms with Gasteiger partial charge in [0.15, 0.2) is 5.58 Å². The number of hydrogen-bond donors (Lipinski definition) is 2. The quantitative estimate of drug-likeness (QED) is 0.729. The van der Waals surface area contributed by atoms with Gasteiger partial charge in [0.05, 0.1) is 11.2 Å². The van der Waals surface area contributed by atoms with Gasteiger partial charge in [0.2, 0.25) is 0 Å². The van der Waals surface area contributed by atoms with Crippen molar-refractivity contribution in [1.29, 1.82) is 0 Å². The maximum Gasteiger partial charge on any atom is 0.152 e. The maximum absolute atomic E-state index is 6.03. The van der Waals surface area contributed by atoms with Crippen LogP contribution in [0.5, 0.6) is 0 Å². The van der Waals surface area contributed by atoms with Crippen LogP contribution in [-0.2, 0) is 0 Å². The van der Waals surface area contributed by atoms with Crippen molar-refractivity contribution < 1.29 is 4.42 Å². The van der Waals surface area contributed by atoms with Gasteiger partial charge in [0.1, 0.15) is 17.5 Å². The lowest BCUT2D eigenvalue weighted by molar-refractivity contribution is 0.520. The highest BCUT2D eigenvalue weighted by Crippen LogP contribution is 2.30. The van der Waals surface area contributed by atoms with Crippen molar-refractivity contribution in [2.45, 2.75) is 6.04 Å². The minimum atomic E-state index is -0.447. The molecule has 5 nitrogen and oxygen atoms in total. The Balaban J connectivity index is 2.10. The molecule has 2 heterocycles. The number of hydrogen-bond acceptors (Lipinski definition) is 4. The molecule has 0 aliphatic rings. The number of aromatic nitrogens is 3. The van der Waals surface area contributed by atoms with Crippen molar-refractivity contribution in [3.05, 3.63) is 46.9 Å². The average molecular weight is 249 g/mol. The Morgan fingerprint density at radius 3 is 3.00 bits per heavy atom. The third-order valence-corrected chi connectivity index (χ3v) is 2.87. The van der Waals surface area contributed by atoms with Crippen LogP contribution in [0.4, 0.5) is 0 Å². The predicted molar refractivity (Wildman–Crippen MR) is 63.6 cm³/mol. The third-order valence-electron chi connectivity index (χ3n) is 2.57. The molecule has 0 aliphatic heterocycles. The van der Waals surface area contributed by atoms with Crippen molar-refractivity contribution in [3.63, 3.8) is 0 Å². The summed E-state index contributed by atoms with van der Waals surface area (Å²) in [6.45, 7) is 0. The summed E-state index contributed by atoms with van der Waals surface area (Å²) in [4.78, 5) is 0. The van der Waals surface area contributed by atoms with Crippen LogP contribution in [0.1, 0.15) is 17.5 Å². The molecule has 3 rings (SSSR count). The zero-order chi connectivity index (χ0) is 11.8. The van der Waals surface area contributed by atoms with Gasteiger partial charge in [-0.1, -0.05) is 23.7 Å². The van der Waals surface area contributed by atoms with Crippen LogP contribution in [0.2, 0.25) is 5.02 Å². The summed E-state index contributed by atoms with van der Waals surface area (Å²) in [5, 5.41) is 11.7. The Morgan fingerprint density at radius 2 is 2.29 bits per heavy atom. The summed E-state index contributed by atoms with van der Waals surface area (Å²) in [6, 6.07) is 6.98. The molecular formula is C11H9ClN4O. The van der Waals surface area contributed by atoms with Crippen molar-refractivity contribution in [1.82, 2.24) is 15.4 Å². The molecule has 1 unspecified atom stereocenters. The van der Waals surface area contributed by atoms with Crippen LogP contribution in [-0.4, -0.2) is 15.4 Å². The predicted octanol–water partition coefficient (Wildman–Crippen LogP) is 2.25. The lowest BCUT2D eigenvalue weighted by atomic mass is 10.1. The molecule has 3 aromatic rings. The van der Waals surface area contributed by atoms with Crippen molar-refractivity contribution in [2.75, 3.05) is 0 Å². The lowest BCUT2D eigenvalue weighted by Gasteiger charge is -2.02. The number of nitrogens with two attached hydrogens (primary N) is 1. The van der Waals surface area contributed by atoms with Crippen molar-refractivity contribution in [2.24, 2.45) is 5.73 Å². The van der Waals surface area contributed by atoms with Gasteiger partial charge in [-0.05, 0) is 12.1 Å². The molecule has 0 fully saturated rings. The SMILES string of the molecule is NC(c1cn[nH]n1)c1cc2cccc(Cl)c2o1. The molecule has 6 heteroatoms. The summed E-state index contributed by atoms with van der Waals surface area (Å²) >= 11 is 6.03. The Kier molecular flexibility index (Phi) is 2.35. The van der Waals surface area contributed by atoms with Crippen LogP contribution < -0.4 is 5.73 Å². The third kappa shape index (κ3) is 1.69. The molecule has 0 saturated carbocycles. The number of fused-ring (bicyclic) bond motifs is 1. The molecule has 86 valence electrons. The maximum atomic E-state index is 6.03. The highest BCUT2D eigenvalue weighted by molar-refractivity contribution is 6.34. The standard InChI is InChI=1S/C11H9ClN4O/c12-7-3-1-2-6-4-9(17-11(6)7)10(13)8-5-14-16-15-8/h1-5,10H,13H2,(H,14,15,16). The van der Waals surface area contributed by atoms with Crippen LogP contribution >= 0.6 is 11.6 Å². The van der Waals surface area contributed by atoms with Crippen molar-refractivity contribution in [3.8, 4) is 0 Å². The second-order valence-corrected chi connectivity index (χ2v) is 4.09. The van der Waals surface area contributed by atoms with E-state index in [1.54, 1.807) is 12.3 Å². The molecule has 1 atom stereocenters. The number of para-hydroxylation sites is 1. The first kappa shape index (κ1) is 10.3. The fourth-order valence-corrected chi connectivity index (χ4v) is 1.93. The first-order chi connectivity index (χ1) is 8.25. The summed E-state index contributed by atoms with van der Waals surface area (Å²) in [5.41, 5.74) is 7.28. The first-order valence-corrected chi connectivity index (χ1v) is 5.42. The van der Waals surface area contributed by atoms with E-state index in [2.05, 4.69) is 15.4 Å².